The van der Waals surface area contributed by atoms with E-state index in [-0.39, 0.29) is 4.90 Å². The third kappa shape index (κ3) is 9.32. The summed E-state index contributed by atoms with van der Waals surface area (Å²) < 4.78 is 54.2. The highest BCUT2D eigenvalue weighted by Gasteiger charge is 2.09. The quantitative estimate of drug-likeness (QED) is 0.585. The Balaban J connectivity index is 0.000000232. The van der Waals surface area contributed by atoms with Crippen LogP contribution in [-0.4, -0.2) is 28.4 Å². The van der Waals surface area contributed by atoms with Gasteiger partial charge in [-0.25, -0.2) is 13.1 Å². The van der Waals surface area contributed by atoms with Crippen LogP contribution in [0.15, 0.2) is 88.7 Å². The highest BCUT2D eigenvalue weighted by molar-refractivity contribution is 7.89. The highest BCUT2D eigenvalue weighted by Crippen LogP contribution is 2.09. The van der Waals surface area contributed by atoms with E-state index in [0.29, 0.717) is 4.90 Å². The summed E-state index contributed by atoms with van der Waals surface area (Å²) in [6, 6.07) is 23.0. The van der Waals surface area contributed by atoms with E-state index in [1.54, 1.807) is 36.4 Å². The SMILES string of the molecule is CNS(=O)(=O)c1ccc(C)cc1.Cc1ccc(S(=O)(=O)O)cc1.Cc1ccccc1. The third-order valence-corrected chi connectivity index (χ3v) is 6.16. The molecule has 162 valence electrons. The molecule has 0 bridgehead atoms. The second-order valence-electron chi connectivity index (χ2n) is 6.46. The fourth-order valence-electron chi connectivity index (χ4n) is 2.08. The first-order valence-electron chi connectivity index (χ1n) is 9.02. The van der Waals surface area contributed by atoms with Crippen LogP contribution < -0.4 is 4.72 Å². The van der Waals surface area contributed by atoms with E-state index in [0.717, 1.165) is 11.1 Å². The Labute approximate surface area is 179 Å². The van der Waals surface area contributed by atoms with Gasteiger partial charge in [-0.3, -0.25) is 4.55 Å². The number of hydrogen-bond donors (Lipinski definition) is 2. The van der Waals surface area contributed by atoms with E-state index in [9.17, 15) is 16.8 Å². The zero-order valence-corrected chi connectivity index (χ0v) is 19.0. The van der Waals surface area contributed by atoms with Crippen molar-refractivity contribution in [3.8, 4) is 0 Å². The maximum absolute atomic E-state index is 11.2. The van der Waals surface area contributed by atoms with Crippen LogP contribution in [0, 0.1) is 20.8 Å². The number of sulfonamides is 1. The molecule has 2 N–H and O–H groups in total. The molecule has 30 heavy (non-hydrogen) atoms. The molecule has 0 aliphatic rings. The summed E-state index contributed by atoms with van der Waals surface area (Å²) in [4.78, 5) is 0.235. The molecule has 3 aromatic carbocycles. The van der Waals surface area contributed by atoms with Crippen molar-refractivity contribution in [3.63, 3.8) is 0 Å². The molecule has 3 rings (SSSR count). The normalized spacial score (nSPS) is 10.8. The maximum atomic E-state index is 11.2. The van der Waals surface area contributed by atoms with Gasteiger partial charge in [0.05, 0.1) is 9.79 Å². The molecule has 0 aliphatic carbocycles. The Bertz CT molecular complexity index is 1110. The van der Waals surface area contributed by atoms with E-state index in [1.807, 2.05) is 32.0 Å². The summed E-state index contributed by atoms with van der Waals surface area (Å²) in [7, 11) is -5.89. The molecule has 6 nitrogen and oxygen atoms in total. The maximum Gasteiger partial charge on any atom is 0.294 e. The summed E-state index contributed by atoms with van der Waals surface area (Å²) in [6.45, 7) is 5.84. The second-order valence-corrected chi connectivity index (χ2v) is 9.77. The average molecular weight is 450 g/mol. The van der Waals surface area contributed by atoms with E-state index in [4.69, 9.17) is 4.55 Å². The van der Waals surface area contributed by atoms with Crippen molar-refractivity contribution in [3.05, 3.63) is 95.6 Å². The van der Waals surface area contributed by atoms with Gasteiger partial charge in [0.2, 0.25) is 10.0 Å². The lowest BCUT2D eigenvalue weighted by atomic mass is 10.2. The molecule has 0 radical (unpaired) electrons. The molecule has 0 aliphatic heterocycles. The van der Waals surface area contributed by atoms with Crippen LogP contribution in [0.3, 0.4) is 0 Å². The Morgan fingerprint density at radius 2 is 0.967 bits per heavy atom. The minimum Gasteiger partial charge on any atom is -0.282 e. The van der Waals surface area contributed by atoms with Gasteiger partial charge in [0, 0.05) is 0 Å². The molecule has 0 unspecified atom stereocenters. The Kier molecular flexibility index (Phi) is 9.88. The van der Waals surface area contributed by atoms with Gasteiger partial charge in [-0.2, -0.15) is 8.42 Å². The zero-order valence-electron chi connectivity index (χ0n) is 17.4. The van der Waals surface area contributed by atoms with Gasteiger partial charge in [0.15, 0.2) is 0 Å². The first kappa shape index (κ1) is 25.5. The first-order chi connectivity index (χ1) is 14.0. The number of benzene rings is 3. The Hall–Kier alpha value is -2.52. The van der Waals surface area contributed by atoms with E-state index >= 15 is 0 Å². The van der Waals surface area contributed by atoms with Crippen LogP contribution in [0.4, 0.5) is 0 Å². The van der Waals surface area contributed by atoms with Crippen molar-refractivity contribution in [2.75, 3.05) is 7.05 Å². The number of rotatable bonds is 3. The topological polar surface area (TPSA) is 101 Å². The van der Waals surface area contributed by atoms with E-state index < -0.39 is 20.1 Å². The highest BCUT2D eigenvalue weighted by atomic mass is 32.2. The van der Waals surface area contributed by atoms with Gasteiger partial charge in [-0.1, -0.05) is 71.3 Å². The van der Waals surface area contributed by atoms with Gasteiger partial charge >= 0.3 is 0 Å². The summed E-state index contributed by atoms with van der Waals surface area (Å²) in [5.74, 6) is 0. The number of hydrogen-bond acceptors (Lipinski definition) is 4. The molecule has 0 spiro atoms. The van der Waals surface area contributed by atoms with E-state index in [1.165, 1.54) is 24.7 Å². The van der Waals surface area contributed by atoms with Crippen molar-refractivity contribution < 1.29 is 21.4 Å². The van der Waals surface area contributed by atoms with Crippen LogP contribution in [-0.2, 0) is 20.1 Å². The Morgan fingerprint density at radius 3 is 1.27 bits per heavy atom. The molecule has 0 saturated heterocycles. The van der Waals surface area contributed by atoms with Crippen molar-refractivity contribution >= 4 is 20.1 Å². The lowest BCUT2D eigenvalue weighted by Crippen LogP contribution is -2.18. The molecule has 0 heterocycles. The lowest BCUT2D eigenvalue weighted by molar-refractivity contribution is 0.483. The summed E-state index contributed by atoms with van der Waals surface area (Å²) in [5.41, 5.74) is 3.32. The van der Waals surface area contributed by atoms with Crippen molar-refractivity contribution in [1.82, 2.24) is 4.72 Å². The summed E-state index contributed by atoms with van der Waals surface area (Å²) in [6.07, 6.45) is 0. The average Bonchev–Trinajstić information content (AvgIpc) is 2.69. The molecular weight excluding hydrogens is 422 g/mol. The van der Waals surface area contributed by atoms with Gasteiger partial charge in [0.25, 0.3) is 10.1 Å². The largest absolute Gasteiger partial charge is 0.294 e. The monoisotopic (exact) mass is 449 g/mol. The molecule has 8 heteroatoms. The van der Waals surface area contributed by atoms with Gasteiger partial charge in [-0.15, -0.1) is 0 Å². The Morgan fingerprint density at radius 1 is 0.600 bits per heavy atom. The van der Waals surface area contributed by atoms with Crippen molar-refractivity contribution in [2.24, 2.45) is 0 Å². The van der Waals surface area contributed by atoms with Gasteiger partial charge in [0.1, 0.15) is 0 Å². The van der Waals surface area contributed by atoms with Crippen LogP contribution in [0.25, 0.3) is 0 Å². The number of nitrogens with one attached hydrogen (secondary N) is 1. The zero-order chi connectivity index (χ0) is 22.8. The molecule has 0 saturated carbocycles. The number of aryl methyl sites for hydroxylation is 3. The lowest BCUT2D eigenvalue weighted by Gasteiger charge is -2.01. The predicted octanol–water partition coefficient (Wildman–Crippen LogP) is 4.14. The molecule has 0 aromatic heterocycles. The smallest absolute Gasteiger partial charge is 0.282 e. The standard InChI is InChI=1S/C8H11NO2S.C7H8O3S.C7H8/c1-7-3-5-8(6-4-7)12(10,11)9-2;1-6-2-4-7(5-3-6)11(8,9)10;1-7-5-3-2-4-6-7/h3-6,9H,1-2H3;2-5H,1H3,(H,8,9,10);2-6H,1H3. The molecule has 3 aromatic rings. The summed E-state index contributed by atoms with van der Waals surface area (Å²) >= 11 is 0. The van der Waals surface area contributed by atoms with Crippen LogP contribution in [0.5, 0.6) is 0 Å². The minimum atomic E-state index is -4.02. The predicted molar refractivity (Wildman–Crippen MR) is 120 cm³/mol. The van der Waals surface area contributed by atoms with Gasteiger partial charge in [-0.05, 0) is 52.1 Å². The minimum absolute atomic E-state index is 0.0666. The molecule has 0 atom stereocenters. The molecule has 0 fully saturated rings. The van der Waals surface area contributed by atoms with Crippen molar-refractivity contribution in [1.29, 1.82) is 0 Å². The fourth-order valence-corrected chi connectivity index (χ4v) is 3.29. The second kappa shape index (κ2) is 11.6. The first-order valence-corrected chi connectivity index (χ1v) is 11.9. The van der Waals surface area contributed by atoms with Crippen LogP contribution in [0.2, 0.25) is 0 Å². The molecule has 0 amide bonds. The van der Waals surface area contributed by atoms with E-state index in [2.05, 4.69) is 23.8 Å². The van der Waals surface area contributed by atoms with Crippen LogP contribution >= 0.6 is 0 Å². The fraction of sp³-hybridized carbons (Fsp3) is 0.182. The molecular formula is C22H27NO5S2. The van der Waals surface area contributed by atoms with Crippen molar-refractivity contribution in [2.45, 2.75) is 30.6 Å². The summed E-state index contributed by atoms with van der Waals surface area (Å²) in [5, 5.41) is 0. The van der Waals surface area contributed by atoms with Gasteiger partial charge < -0.3 is 0 Å². The van der Waals surface area contributed by atoms with Crippen LogP contribution in [0.1, 0.15) is 16.7 Å². The third-order valence-electron chi connectivity index (χ3n) is 3.86.